The maximum absolute atomic E-state index is 11.6. The quantitative estimate of drug-likeness (QED) is 0.683. The lowest BCUT2D eigenvalue weighted by atomic mass is 10.0. The Labute approximate surface area is 125 Å². The monoisotopic (exact) mass is 292 g/mol. The van der Waals surface area contributed by atoms with Gasteiger partial charge in [0.05, 0.1) is 12.2 Å². The molecule has 1 aliphatic carbocycles. The summed E-state index contributed by atoms with van der Waals surface area (Å²) in [7, 11) is 1.66. The Hall–Kier alpha value is -1.59. The van der Waals surface area contributed by atoms with Gasteiger partial charge in [0, 0.05) is 37.8 Å². The Bertz CT molecular complexity index is 486. The number of benzene rings is 1. The van der Waals surface area contributed by atoms with Crippen molar-refractivity contribution in [3.05, 3.63) is 29.3 Å². The fourth-order valence-electron chi connectivity index (χ4n) is 2.32. The summed E-state index contributed by atoms with van der Waals surface area (Å²) in [5.41, 5.74) is 6.88. The zero-order valence-corrected chi connectivity index (χ0v) is 12.7. The molecule has 5 heteroatoms. The molecule has 1 atom stereocenters. The van der Waals surface area contributed by atoms with Crippen LogP contribution in [-0.4, -0.2) is 32.3 Å². The lowest BCUT2D eigenvalue weighted by Gasteiger charge is -2.20. The number of carbonyl (C=O) groups excluding carboxylic acids is 1. The van der Waals surface area contributed by atoms with Gasteiger partial charge in [-0.25, -0.2) is 0 Å². The SMILES string of the molecule is COCCCOc1c(C(N)=O)cccc1C(C)NC1CC1. The number of primary amides is 1. The first-order valence-electron chi connectivity index (χ1n) is 7.44. The van der Waals surface area contributed by atoms with Crippen LogP contribution in [0, 0.1) is 0 Å². The van der Waals surface area contributed by atoms with E-state index in [4.69, 9.17) is 15.2 Å². The Balaban J connectivity index is 2.16. The van der Waals surface area contributed by atoms with Gasteiger partial charge in [-0.15, -0.1) is 0 Å². The maximum atomic E-state index is 11.6. The zero-order chi connectivity index (χ0) is 15.2. The predicted octanol–water partition coefficient (Wildman–Crippen LogP) is 2.01. The topological polar surface area (TPSA) is 73.6 Å². The number of ether oxygens (including phenoxy) is 2. The number of hydrogen-bond donors (Lipinski definition) is 2. The summed E-state index contributed by atoms with van der Waals surface area (Å²) >= 11 is 0. The molecule has 0 bridgehead atoms. The summed E-state index contributed by atoms with van der Waals surface area (Å²) in [6, 6.07) is 6.26. The van der Waals surface area contributed by atoms with Crippen LogP contribution in [-0.2, 0) is 4.74 Å². The largest absolute Gasteiger partial charge is 0.492 e. The molecule has 1 aromatic rings. The molecule has 2 rings (SSSR count). The van der Waals surface area contributed by atoms with Gasteiger partial charge in [0.15, 0.2) is 0 Å². The van der Waals surface area contributed by atoms with Crippen LogP contribution in [0.25, 0.3) is 0 Å². The van der Waals surface area contributed by atoms with E-state index in [0.717, 1.165) is 12.0 Å². The van der Waals surface area contributed by atoms with E-state index >= 15 is 0 Å². The summed E-state index contributed by atoms with van der Waals surface area (Å²) in [6.07, 6.45) is 3.20. The van der Waals surface area contributed by atoms with Crippen molar-refractivity contribution in [1.82, 2.24) is 5.32 Å². The van der Waals surface area contributed by atoms with Crippen LogP contribution in [0.4, 0.5) is 0 Å². The second-order valence-electron chi connectivity index (χ2n) is 5.45. The number of rotatable bonds is 9. The van der Waals surface area contributed by atoms with Crippen LogP contribution in [0.15, 0.2) is 18.2 Å². The number of nitrogens with two attached hydrogens (primary N) is 1. The first-order chi connectivity index (χ1) is 10.1. The lowest BCUT2D eigenvalue weighted by Crippen LogP contribution is -2.23. The molecule has 0 aromatic heterocycles. The minimum atomic E-state index is -0.461. The molecule has 1 aliphatic rings. The van der Waals surface area contributed by atoms with Gasteiger partial charge < -0.3 is 20.5 Å². The molecule has 0 spiro atoms. The third-order valence-electron chi connectivity index (χ3n) is 3.58. The molecule has 21 heavy (non-hydrogen) atoms. The van der Waals surface area contributed by atoms with Crippen molar-refractivity contribution in [2.75, 3.05) is 20.3 Å². The highest BCUT2D eigenvalue weighted by Gasteiger charge is 2.25. The van der Waals surface area contributed by atoms with Crippen molar-refractivity contribution >= 4 is 5.91 Å². The molecule has 1 saturated carbocycles. The summed E-state index contributed by atoms with van der Waals surface area (Å²) in [4.78, 5) is 11.6. The first-order valence-corrected chi connectivity index (χ1v) is 7.44. The van der Waals surface area contributed by atoms with E-state index in [1.807, 2.05) is 12.1 Å². The molecule has 0 aliphatic heterocycles. The minimum Gasteiger partial charge on any atom is -0.492 e. The van der Waals surface area contributed by atoms with E-state index in [9.17, 15) is 4.79 Å². The molecule has 1 unspecified atom stereocenters. The van der Waals surface area contributed by atoms with Crippen LogP contribution in [0.3, 0.4) is 0 Å². The highest BCUT2D eigenvalue weighted by Crippen LogP contribution is 2.32. The van der Waals surface area contributed by atoms with E-state index in [1.165, 1.54) is 12.8 Å². The first kappa shape index (κ1) is 15.8. The van der Waals surface area contributed by atoms with E-state index < -0.39 is 5.91 Å². The van der Waals surface area contributed by atoms with Gasteiger partial charge in [-0.05, 0) is 25.8 Å². The van der Waals surface area contributed by atoms with Gasteiger partial charge in [-0.2, -0.15) is 0 Å². The Kier molecular flexibility index (Phi) is 5.59. The van der Waals surface area contributed by atoms with Gasteiger partial charge in [-0.3, -0.25) is 4.79 Å². The number of nitrogens with one attached hydrogen (secondary N) is 1. The standard InChI is InChI=1S/C16H24N2O3/c1-11(18-12-7-8-12)13-5-3-6-14(16(17)19)15(13)21-10-4-9-20-2/h3,5-6,11-12,18H,4,7-10H2,1-2H3,(H2,17,19). The van der Waals surface area contributed by atoms with Gasteiger partial charge >= 0.3 is 0 Å². The van der Waals surface area contributed by atoms with E-state index in [2.05, 4.69) is 12.2 Å². The molecule has 0 saturated heterocycles. The predicted molar refractivity (Wildman–Crippen MR) is 81.5 cm³/mol. The van der Waals surface area contributed by atoms with Crippen molar-refractivity contribution in [1.29, 1.82) is 0 Å². The second-order valence-corrected chi connectivity index (χ2v) is 5.45. The number of amides is 1. The fourth-order valence-corrected chi connectivity index (χ4v) is 2.32. The Morgan fingerprint density at radius 3 is 2.81 bits per heavy atom. The highest BCUT2D eigenvalue weighted by atomic mass is 16.5. The smallest absolute Gasteiger partial charge is 0.252 e. The highest BCUT2D eigenvalue weighted by molar-refractivity contribution is 5.96. The molecule has 0 radical (unpaired) electrons. The fraction of sp³-hybridized carbons (Fsp3) is 0.562. The van der Waals surface area contributed by atoms with Crippen molar-refractivity contribution in [2.24, 2.45) is 5.73 Å². The third-order valence-corrected chi connectivity index (χ3v) is 3.58. The average molecular weight is 292 g/mol. The normalized spacial score (nSPS) is 15.7. The van der Waals surface area contributed by atoms with E-state index in [0.29, 0.717) is 30.6 Å². The molecule has 5 nitrogen and oxygen atoms in total. The summed E-state index contributed by atoms with van der Waals surface area (Å²) < 4.78 is 10.8. The van der Waals surface area contributed by atoms with Crippen molar-refractivity contribution in [3.8, 4) is 5.75 Å². The molecule has 1 amide bonds. The van der Waals surface area contributed by atoms with Gasteiger partial charge in [-0.1, -0.05) is 12.1 Å². The third kappa shape index (κ3) is 4.44. The lowest BCUT2D eigenvalue weighted by molar-refractivity contribution is 0.0995. The van der Waals surface area contributed by atoms with Crippen LogP contribution >= 0.6 is 0 Å². The van der Waals surface area contributed by atoms with Gasteiger partial charge in [0.1, 0.15) is 5.75 Å². The van der Waals surface area contributed by atoms with Crippen LogP contribution < -0.4 is 15.8 Å². The van der Waals surface area contributed by atoms with Crippen LogP contribution in [0.1, 0.15) is 48.1 Å². The molecule has 3 N–H and O–H groups in total. The van der Waals surface area contributed by atoms with E-state index in [1.54, 1.807) is 13.2 Å². The number of methoxy groups -OCH3 is 1. The molecule has 116 valence electrons. The van der Waals surface area contributed by atoms with Gasteiger partial charge in [0.25, 0.3) is 5.91 Å². The van der Waals surface area contributed by atoms with E-state index in [-0.39, 0.29) is 6.04 Å². The summed E-state index contributed by atoms with van der Waals surface area (Å²) in [5.74, 6) is 0.138. The number of para-hydroxylation sites is 1. The molecule has 1 fully saturated rings. The summed E-state index contributed by atoms with van der Waals surface area (Å²) in [5, 5.41) is 3.52. The van der Waals surface area contributed by atoms with Crippen molar-refractivity contribution in [3.63, 3.8) is 0 Å². The van der Waals surface area contributed by atoms with Crippen molar-refractivity contribution < 1.29 is 14.3 Å². The molecular formula is C16H24N2O3. The van der Waals surface area contributed by atoms with Crippen LogP contribution in [0.5, 0.6) is 5.75 Å². The number of carbonyl (C=O) groups is 1. The molecule has 0 heterocycles. The average Bonchev–Trinajstić information content (AvgIpc) is 3.27. The van der Waals surface area contributed by atoms with Gasteiger partial charge in [0.2, 0.25) is 0 Å². The Morgan fingerprint density at radius 2 is 2.19 bits per heavy atom. The summed E-state index contributed by atoms with van der Waals surface area (Å²) in [6.45, 7) is 3.21. The minimum absolute atomic E-state index is 0.134. The number of hydrogen-bond acceptors (Lipinski definition) is 4. The molecule has 1 aromatic carbocycles. The Morgan fingerprint density at radius 1 is 1.43 bits per heavy atom. The maximum Gasteiger partial charge on any atom is 0.252 e. The second kappa shape index (κ2) is 7.43. The molecular weight excluding hydrogens is 268 g/mol. The van der Waals surface area contributed by atoms with Crippen LogP contribution in [0.2, 0.25) is 0 Å². The zero-order valence-electron chi connectivity index (χ0n) is 12.7. The van der Waals surface area contributed by atoms with Crippen molar-refractivity contribution in [2.45, 2.75) is 38.3 Å².